The molecule has 1 heterocycles. The van der Waals surface area contributed by atoms with Crippen LogP contribution in [0.3, 0.4) is 0 Å². The van der Waals surface area contributed by atoms with Crippen molar-refractivity contribution >= 4 is 33.4 Å². The molecule has 1 atom stereocenters. The van der Waals surface area contributed by atoms with E-state index in [0.717, 1.165) is 32.8 Å². The number of anilines is 3. The molecule has 0 saturated heterocycles. The molecular weight excluding hydrogens is 368 g/mol. The first-order chi connectivity index (χ1) is 11.5. The van der Waals surface area contributed by atoms with Crippen molar-refractivity contribution in [1.29, 1.82) is 0 Å². The van der Waals surface area contributed by atoms with E-state index in [1.54, 1.807) is 0 Å². The van der Waals surface area contributed by atoms with Gasteiger partial charge in [0.05, 0.1) is 12.3 Å². The summed E-state index contributed by atoms with van der Waals surface area (Å²) in [7, 11) is 0. The van der Waals surface area contributed by atoms with Gasteiger partial charge >= 0.3 is 0 Å². The van der Waals surface area contributed by atoms with Gasteiger partial charge in [-0.05, 0) is 56.9 Å². The lowest BCUT2D eigenvalue weighted by Crippen LogP contribution is -2.21. The third-order valence-corrected chi connectivity index (χ3v) is 4.60. The van der Waals surface area contributed by atoms with Crippen LogP contribution in [0.5, 0.6) is 0 Å². The van der Waals surface area contributed by atoms with Gasteiger partial charge in [-0.15, -0.1) is 0 Å². The van der Waals surface area contributed by atoms with Gasteiger partial charge in [0.25, 0.3) is 0 Å². The second-order valence-corrected chi connectivity index (χ2v) is 7.46. The first-order valence-corrected chi connectivity index (χ1v) is 9.05. The maximum absolute atomic E-state index is 9.25. The highest BCUT2D eigenvalue weighted by atomic mass is 79.9. The summed E-state index contributed by atoms with van der Waals surface area (Å²) >= 11 is 3.53. The molecule has 1 fully saturated rings. The van der Waals surface area contributed by atoms with Gasteiger partial charge in [-0.2, -0.15) is 4.98 Å². The van der Waals surface area contributed by atoms with Gasteiger partial charge in [-0.1, -0.05) is 15.9 Å². The summed E-state index contributed by atoms with van der Waals surface area (Å²) in [5, 5.41) is 15.9. The fourth-order valence-electron chi connectivity index (χ4n) is 2.68. The van der Waals surface area contributed by atoms with E-state index in [4.69, 9.17) is 0 Å². The molecule has 5 nitrogen and oxygen atoms in total. The maximum Gasteiger partial charge on any atom is 0.225 e. The normalized spacial score (nSPS) is 15.2. The zero-order chi connectivity index (χ0) is 17.3. The average molecular weight is 391 g/mol. The third kappa shape index (κ3) is 4.05. The second-order valence-electron chi connectivity index (χ2n) is 6.54. The van der Waals surface area contributed by atoms with Crippen molar-refractivity contribution in [1.82, 2.24) is 9.97 Å². The number of hydrogen-bond acceptors (Lipinski definition) is 5. The van der Waals surface area contributed by atoms with Crippen LogP contribution in [0.2, 0.25) is 0 Å². The van der Waals surface area contributed by atoms with Crippen LogP contribution in [-0.2, 0) is 0 Å². The number of aliphatic hydroxyl groups is 1. The standard InChI is InChI=1S/C18H23BrN4O/c1-10-6-14(19)7-11(2)17(10)22-16-8-15(13-4-5-13)21-18(23-16)20-12(3)9-24/h6-8,12-13,24H,4-5,9H2,1-3H3,(H2,20,21,22,23)/t12-/m1/s1. The minimum Gasteiger partial charge on any atom is -0.394 e. The Labute approximate surface area is 151 Å². The molecule has 1 saturated carbocycles. The van der Waals surface area contributed by atoms with Crippen molar-refractivity contribution in [3.63, 3.8) is 0 Å². The minimum atomic E-state index is -0.0801. The first-order valence-electron chi connectivity index (χ1n) is 8.26. The number of rotatable bonds is 6. The van der Waals surface area contributed by atoms with E-state index in [-0.39, 0.29) is 12.6 Å². The summed E-state index contributed by atoms with van der Waals surface area (Å²) in [6.07, 6.45) is 2.36. The number of aryl methyl sites for hydroxylation is 2. The minimum absolute atomic E-state index is 0.0463. The molecule has 0 aliphatic heterocycles. The third-order valence-electron chi connectivity index (χ3n) is 4.14. The summed E-state index contributed by atoms with van der Waals surface area (Å²) in [6, 6.07) is 6.13. The highest BCUT2D eigenvalue weighted by molar-refractivity contribution is 9.10. The Balaban J connectivity index is 1.92. The molecule has 0 radical (unpaired) electrons. The summed E-state index contributed by atoms with van der Waals surface area (Å²) in [4.78, 5) is 9.18. The van der Waals surface area contributed by atoms with Crippen LogP contribution in [0.1, 0.15) is 42.5 Å². The van der Waals surface area contributed by atoms with Gasteiger partial charge in [-0.25, -0.2) is 4.98 Å². The van der Waals surface area contributed by atoms with Crippen LogP contribution < -0.4 is 10.6 Å². The van der Waals surface area contributed by atoms with Gasteiger partial charge in [0.2, 0.25) is 5.95 Å². The molecule has 0 bridgehead atoms. The lowest BCUT2D eigenvalue weighted by molar-refractivity contribution is 0.281. The van der Waals surface area contributed by atoms with Crippen LogP contribution in [0, 0.1) is 13.8 Å². The van der Waals surface area contributed by atoms with Crippen LogP contribution in [0.15, 0.2) is 22.7 Å². The predicted octanol–water partition coefficient (Wildman–Crippen LogP) is 4.27. The Hall–Kier alpha value is -1.66. The highest BCUT2D eigenvalue weighted by Crippen LogP contribution is 2.40. The molecule has 3 rings (SSSR count). The van der Waals surface area contributed by atoms with Crippen LogP contribution >= 0.6 is 15.9 Å². The fourth-order valence-corrected chi connectivity index (χ4v) is 3.37. The Bertz CT molecular complexity index is 723. The van der Waals surface area contributed by atoms with Crippen molar-refractivity contribution in [2.24, 2.45) is 0 Å². The first kappa shape index (κ1) is 17.2. The smallest absolute Gasteiger partial charge is 0.225 e. The summed E-state index contributed by atoms with van der Waals surface area (Å²) in [5.41, 5.74) is 4.45. The van der Waals surface area contributed by atoms with E-state index in [9.17, 15) is 5.11 Å². The summed E-state index contributed by atoms with van der Waals surface area (Å²) < 4.78 is 1.07. The number of benzene rings is 1. The second kappa shape index (κ2) is 7.07. The zero-order valence-corrected chi connectivity index (χ0v) is 15.8. The molecule has 0 unspecified atom stereocenters. The Morgan fingerprint density at radius 2 is 1.88 bits per heavy atom. The molecule has 1 aromatic heterocycles. The van der Waals surface area contributed by atoms with E-state index in [1.165, 1.54) is 12.8 Å². The number of nitrogens with one attached hydrogen (secondary N) is 2. The van der Waals surface area contributed by atoms with Crippen LogP contribution in [0.25, 0.3) is 0 Å². The number of hydrogen-bond donors (Lipinski definition) is 3. The number of aromatic nitrogens is 2. The fraction of sp³-hybridized carbons (Fsp3) is 0.444. The predicted molar refractivity (Wildman–Crippen MR) is 101 cm³/mol. The molecule has 2 aromatic rings. The van der Waals surface area contributed by atoms with Gasteiger partial charge in [-0.3, -0.25) is 0 Å². The SMILES string of the molecule is Cc1cc(Br)cc(C)c1Nc1cc(C2CC2)nc(N[C@H](C)CO)n1. The van der Waals surface area contributed by atoms with Crippen molar-refractivity contribution in [2.45, 2.75) is 45.6 Å². The van der Waals surface area contributed by atoms with E-state index >= 15 is 0 Å². The van der Waals surface area contributed by atoms with Crippen LogP contribution in [-0.4, -0.2) is 27.7 Å². The molecule has 1 aliphatic rings. The van der Waals surface area contributed by atoms with Crippen molar-refractivity contribution < 1.29 is 5.11 Å². The molecule has 24 heavy (non-hydrogen) atoms. The summed E-state index contributed by atoms with van der Waals surface area (Å²) in [5.74, 6) is 1.88. The van der Waals surface area contributed by atoms with Crippen molar-refractivity contribution in [3.8, 4) is 0 Å². The van der Waals surface area contributed by atoms with Gasteiger partial charge < -0.3 is 15.7 Å². The van der Waals surface area contributed by atoms with E-state index < -0.39 is 0 Å². The molecular formula is C18H23BrN4O. The number of halogens is 1. The van der Waals surface area contributed by atoms with E-state index in [0.29, 0.717) is 11.9 Å². The van der Waals surface area contributed by atoms with Gasteiger partial charge in [0.1, 0.15) is 5.82 Å². The quantitative estimate of drug-likeness (QED) is 0.686. The number of nitrogens with zero attached hydrogens (tertiary/aromatic N) is 2. The maximum atomic E-state index is 9.25. The Morgan fingerprint density at radius 1 is 1.21 bits per heavy atom. The van der Waals surface area contributed by atoms with Gasteiger partial charge in [0.15, 0.2) is 0 Å². The average Bonchev–Trinajstić information content (AvgIpc) is 3.35. The van der Waals surface area contributed by atoms with E-state index in [2.05, 4.69) is 62.5 Å². The van der Waals surface area contributed by atoms with E-state index in [1.807, 2.05) is 13.0 Å². The largest absolute Gasteiger partial charge is 0.394 e. The molecule has 0 spiro atoms. The Morgan fingerprint density at radius 3 is 2.46 bits per heavy atom. The molecule has 1 aromatic carbocycles. The summed E-state index contributed by atoms with van der Waals surface area (Å²) in [6.45, 7) is 6.11. The van der Waals surface area contributed by atoms with Gasteiger partial charge in [0, 0.05) is 28.2 Å². The lowest BCUT2D eigenvalue weighted by atomic mass is 10.1. The Kier molecular flexibility index (Phi) is 5.06. The van der Waals surface area contributed by atoms with Crippen molar-refractivity contribution in [2.75, 3.05) is 17.2 Å². The number of aliphatic hydroxyl groups excluding tert-OH is 1. The highest BCUT2D eigenvalue weighted by Gasteiger charge is 2.26. The molecule has 128 valence electrons. The molecule has 3 N–H and O–H groups in total. The monoisotopic (exact) mass is 390 g/mol. The zero-order valence-electron chi connectivity index (χ0n) is 14.2. The lowest BCUT2D eigenvalue weighted by Gasteiger charge is -2.16. The molecule has 1 aliphatic carbocycles. The van der Waals surface area contributed by atoms with Crippen molar-refractivity contribution in [3.05, 3.63) is 39.5 Å². The topological polar surface area (TPSA) is 70.1 Å². The molecule has 0 amide bonds. The van der Waals surface area contributed by atoms with Crippen LogP contribution in [0.4, 0.5) is 17.5 Å². The molecule has 6 heteroatoms.